The van der Waals surface area contributed by atoms with Crippen LogP contribution >= 0.6 is 0 Å². The van der Waals surface area contributed by atoms with Gasteiger partial charge in [0, 0.05) is 6.42 Å². The van der Waals surface area contributed by atoms with E-state index in [4.69, 9.17) is 0 Å². The van der Waals surface area contributed by atoms with Crippen LogP contribution in [0.5, 0.6) is 0 Å². The number of aliphatic hydroxyl groups excluding tert-OH is 2. The van der Waals surface area contributed by atoms with Crippen LogP contribution in [0.25, 0.3) is 0 Å². The van der Waals surface area contributed by atoms with E-state index in [1.807, 2.05) is 13.8 Å². The summed E-state index contributed by atoms with van der Waals surface area (Å²) in [4.78, 5) is 13.3. The summed E-state index contributed by atoms with van der Waals surface area (Å²) in [7, 11) is 0. The van der Waals surface area contributed by atoms with Gasteiger partial charge >= 0.3 is 0 Å². The number of hydrogen-bond donors (Lipinski definition) is 3. The molecule has 0 bridgehead atoms. The fraction of sp³-hybridized carbons (Fsp3) is 0.963. The maximum atomic E-state index is 13.3. The predicted molar refractivity (Wildman–Crippen MR) is 122 cm³/mol. The molecule has 4 aliphatic rings. The van der Waals surface area contributed by atoms with Crippen LogP contribution in [0.4, 0.5) is 0 Å². The van der Waals surface area contributed by atoms with E-state index >= 15 is 0 Å². The zero-order valence-corrected chi connectivity index (χ0v) is 20.4. The van der Waals surface area contributed by atoms with Crippen LogP contribution < -0.4 is 0 Å². The van der Waals surface area contributed by atoms with Crippen molar-refractivity contribution in [2.45, 2.75) is 117 Å². The van der Waals surface area contributed by atoms with Crippen LogP contribution in [-0.4, -0.2) is 38.9 Å². The van der Waals surface area contributed by atoms with E-state index < -0.39 is 17.8 Å². The minimum Gasteiger partial charge on any atom is -0.390 e. The summed E-state index contributed by atoms with van der Waals surface area (Å²) in [5.74, 6) is 2.76. The minimum absolute atomic E-state index is 0.156. The Hall–Kier alpha value is -0.450. The second-order valence-corrected chi connectivity index (χ2v) is 13.0. The van der Waals surface area contributed by atoms with Gasteiger partial charge in [0.05, 0.1) is 23.7 Å². The lowest BCUT2D eigenvalue weighted by molar-refractivity contribution is -0.183. The molecule has 0 heterocycles. The maximum Gasteiger partial charge on any atom is 0.139 e. The van der Waals surface area contributed by atoms with E-state index in [2.05, 4.69) is 20.8 Å². The number of Topliss-reactive ketones (excluding diaryl/α,β-unsaturated/α-hetero) is 1. The highest BCUT2D eigenvalue weighted by Crippen LogP contribution is 2.67. The van der Waals surface area contributed by atoms with Crippen LogP contribution in [0.3, 0.4) is 0 Å². The first kappa shape index (κ1) is 23.7. The molecular weight excluding hydrogens is 388 g/mol. The van der Waals surface area contributed by atoms with Gasteiger partial charge in [0.1, 0.15) is 5.78 Å². The van der Waals surface area contributed by atoms with Crippen LogP contribution in [-0.2, 0) is 4.79 Å². The van der Waals surface area contributed by atoms with Crippen molar-refractivity contribution in [3.63, 3.8) is 0 Å². The molecule has 4 heteroatoms. The Labute approximate surface area is 189 Å². The molecule has 0 aromatic carbocycles. The zero-order valence-electron chi connectivity index (χ0n) is 20.4. The van der Waals surface area contributed by atoms with Gasteiger partial charge in [-0.15, -0.1) is 0 Å². The van der Waals surface area contributed by atoms with E-state index in [-0.39, 0.29) is 17.1 Å². The first-order valence-corrected chi connectivity index (χ1v) is 13.0. The van der Waals surface area contributed by atoms with Crippen molar-refractivity contribution >= 4 is 5.78 Å². The summed E-state index contributed by atoms with van der Waals surface area (Å²) >= 11 is 0. The van der Waals surface area contributed by atoms with Crippen LogP contribution in [0.2, 0.25) is 0 Å². The summed E-state index contributed by atoms with van der Waals surface area (Å²) in [5, 5.41) is 31.0. The third-order valence-corrected chi connectivity index (χ3v) is 10.7. The topological polar surface area (TPSA) is 77.8 Å². The third kappa shape index (κ3) is 3.93. The maximum absolute atomic E-state index is 13.3. The summed E-state index contributed by atoms with van der Waals surface area (Å²) in [6.07, 6.45) is 8.47. The molecule has 4 rings (SSSR count). The lowest BCUT2D eigenvalue weighted by Crippen LogP contribution is -2.61. The van der Waals surface area contributed by atoms with Crippen molar-refractivity contribution in [2.75, 3.05) is 0 Å². The molecule has 0 amide bonds. The Morgan fingerprint density at radius 2 is 1.68 bits per heavy atom. The monoisotopic (exact) mass is 434 g/mol. The first-order chi connectivity index (χ1) is 14.4. The van der Waals surface area contributed by atoms with Gasteiger partial charge < -0.3 is 15.3 Å². The van der Waals surface area contributed by atoms with E-state index in [0.717, 1.165) is 25.7 Å². The fourth-order valence-corrected chi connectivity index (χ4v) is 9.16. The second-order valence-electron chi connectivity index (χ2n) is 13.0. The number of hydrogen-bond acceptors (Lipinski definition) is 4. The Kier molecular flexibility index (Phi) is 6.19. The molecule has 0 radical (unpaired) electrons. The molecule has 31 heavy (non-hydrogen) atoms. The van der Waals surface area contributed by atoms with Gasteiger partial charge in [-0.25, -0.2) is 0 Å². The summed E-state index contributed by atoms with van der Waals surface area (Å²) in [6.45, 7) is 11.0. The molecule has 10 atom stereocenters. The molecule has 0 unspecified atom stereocenters. The number of carbonyl (C=O) groups excluding carboxylic acids is 1. The molecule has 0 aliphatic heterocycles. The van der Waals surface area contributed by atoms with Gasteiger partial charge in [0.15, 0.2) is 0 Å². The van der Waals surface area contributed by atoms with E-state index in [0.29, 0.717) is 47.8 Å². The van der Waals surface area contributed by atoms with Gasteiger partial charge in [-0.2, -0.15) is 0 Å². The van der Waals surface area contributed by atoms with Gasteiger partial charge in [0.25, 0.3) is 0 Å². The van der Waals surface area contributed by atoms with Crippen LogP contribution in [0, 0.1) is 46.3 Å². The molecule has 0 aromatic rings. The van der Waals surface area contributed by atoms with Crippen molar-refractivity contribution in [1.29, 1.82) is 0 Å². The molecule has 0 saturated heterocycles. The van der Waals surface area contributed by atoms with E-state index in [9.17, 15) is 20.1 Å². The molecule has 4 saturated carbocycles. The standard InChI is InChI=1S/C27H46O4/c1-16(7-6-12-25(2,3)31)18-8-9-19-17-15-22(29)23-24(30)21(28)11-14-27(23,5)20(17)10-13-26(18,19)4/h16-21,23-24,28,30-31H,6-15H2,1-5H3/t16-,17+,18-,19+,20+,21+,23+,24+,26-,27-/m1/s1. The van der Waals surface area contributed by atoms with Crippen molar-refractivity contribution in [2.24, 2.45) is 46.3 Å². The summed E-state index contributed by atoms with van der Waals surface area (Å²) < 4.78 is 0. The number of carbonyl (C=O) groups is 1. The molecule has 4 nitrogen and oxygen atoms in total. The highest BCUT2D eigenvalue weighted by molar-refractivity contribution is 5.84. The smallest absolute Gasteiger partial charge is 0.139 e. The Morgan fingerprint density at radius 1 is 1.03 bits per heavy atom. The van der Waals surface area contributed by atoms with Crippen molar-refractivity contribution in [3.05, 3.63) is 0 Å². The van der Waals surface area contributed by atoms with E-state index in [1.165, 1.54) is 25.7 Å². The molecule has 4 fully saturated rings. The highest BCUT2D eigenvalue weighted by Gasteiger charge is 2.64. The van der Waals surface area contributed by atoms with Gasteiger partial charge in [0.2, 0.25) is 0 Å². The highest BCUT2D eigenvalue weighted by atomic mass is 16.3. The van der Waals surface area contributed by atoms with Gasteiger partial charge in [-0.3, -0.25) is 4.79 Å². The Balaban J connectivity index is 1.50. The van der Waals surface area contributed by atoms with Crippen LogP contribution in [0.15, 0.2) is 0 Å². The average Bonchev–Trinajstić information content (AvgIpc) is 3.01. The molecule has 0 spiro atoms. The number of rotatable bonds is 5. The van der Waals surface area contributed by atoms with Crippen molar-refractivity contribution in [1.82, 2.24) is 0 Å². The van der Waals surface area contributed by atoms with Crippen LogP contribution in [0.1, 0.15) is 98.8 Å². The first-order valence-electron chi connectivity index (χ1n) is 13.0. The van der Waals surface area contributed by atoms with Crippen molar-refractivity contribution in [3.8, 4) is 0 Å². The molecule has 4 aliphatic carbocycles. The zero-order chi connectivity index (χ0) is 22.8. The number of ketones is 1. The average molecular weight is 435 g/mol. The molecule has 3 N–H and O–H groups in total. The number of fused-ring (bicyclic) bond motifs is 5. The molecule has 178 valence electrons. The SMILES string of the molecule is C[C@H](CCCC(C)(C)O)[C@H]1CC[C@H]2[C@@H]3CC(=O)[C@H]4[C@@H](O)[C@@H](O)CC[C@]4(C)[C@H]3CC[C@]12C. The molecule has 0 aromatic heterocycles. The Morgan fingerprint density at radius 3 is 2.35 bits per heavy atom. The minimum atomic E-state index is -0.882. The van der Waals surface area contributed by atoms with Crippen molar-refractivity contribution < 1.29 is 20.1 Å². The lowest BCUT2D eigenvalue weighted by atomic mass is 9.43. The summed E-state index contributed by atoms with van der Waals surface area (Å²) in [6, 6.07) is 0. The fourth-order valence-electron chi connectivity index (χ4n) is 9.16. The van der Waals surface area contributed by atoms with E-state index in [1.54, 1.807) is 0 Å². The third-order valence-electron chi connectivity index (χ3n) is 10.7. The largest absolute Gasteiger partial charge is 0.390 e. The quantitative estimate of drug-likeness (QED) is 0.584. The van der Waals surface area contributed by atoms with Gasteiger partial charge in [-0.05, 0) is 99.2 Å². The summed E-state index contributed by atoms with van der Waals surface area (Å²) in [5.41, 5.74) is -0.422. The lowest BCUT2D eigenvalue weighted by Gasteiger charge is -2.61. The predicted octanol–water partition coefficient (Wildman–Crippen LogP) is 4.73. The number of aliphatic hydroxyl groups is 3. The molecular formula is C27H46O4. The van der Waals surface area contributed by atoms with Gasteiger partial charge in [-0.1, -0.05) is 33.6 Å². The second kappa shape index (κ2) is 8.09. The Bertz CT molecular complexity index is 683. The normalized spacial score (nSPS) is 48.6.